The summed E-state index contributed by atoms with van der Waals surface area (Å²) < 4.78 is 0. The van der Waals surface area contributed by atoms with Gasteiger partial charge in [0.05, 0.1) is 6.54 Å². The smallest absolute Gasteiger partial charge is 0.242 e. The normalized spacial score (nSPS) is 24.7. The molecular formula is C19H28N2O. The number of piperidine rings is 1. The van der Waals surface area contributed by atoms with Crippen LogP contribution in [-0.2, 0) is 11.2 Å². The molecule has 2 fully saturated rings. The van der Waals surface area contributed by atoms with Crippen LogP contribution in [0.2, 0.25) is 0 Å². The summed E-state index contributed by atoms with van der Waals surface area (Å²) in [7, 11) is 0. The lowest BCUT2D eigenvalue weighted by atomic mass is 9.78. The van der Waals surface area contributed by atoms with Gasteiger partial charge in [0.15, 0.2) is 0 Å². The van der Waals surface area contributed by atoms with Crippen molar-refractivity contribution in [2.75, 3.05) is 18.4 Å². The minimum atomic E-state index is 0.274. The third-order valence-electron chi connectivity index (χ3n) is 5.37. The fourth-order valence-corrected chi connectivity index (χ4v) is 4.07. The highest BCUT2D eigenvalue weighted by molar-refractivity contribution is 5.81. The van der Waals surface area contributed by atoms with E-state index in [9.17, 15) is 4.79 Å². The van der Waals surface area contributed by atoms with Crippen LogP contribution >= 0.6 is 0 Å². The molecule has 3 heteroatoms. The van der Waals surface area contributed by atoms with E-state index in [0.717, 1.165) is 24.6 Å². The van der Waals surface area contributed by atoms with Crippen molar-refractivity contribution in [3.05, 3.63) is 29.8 Å². The Morgan fingerprint density at radius 1 is 1.14 bits per heavy atom. The quantitative estimate of drug-likeness (QED) is 0.916. The second-order valence-corrected chi connectivity index (χ2v) is 6.75. The molecule has 0 radical (unpaired) electrons. The van der Waals surface area contributed by atoms with E-state index in [2.05, 4.69) is 41.4 Å². The lowest BCUT2D eigenvalue weighted by molar-refractivity contribution is -0.135. The molecule has 1 saturated carbocycles. The number of fused-ring (bicyclic) bond motifs is 1. The highest BCUT2D eigenvalue weighted by Crippen LogP contribution is 2.35. The number of carbonyl (C=O) groups is 1. The maximum atomic E-state index is 12.6. The molecule has 1 aliphatic carbocycles. The zero-order valence-corrected chi connectivity index (χ0v) is 13.7. The molecule has 2 unspecified atom stereocenters. The largest absolute Gasteiger partial charge is 0.376 e. The average Bonchev–Trinajstić information content (AvgIpc) is 2.59. The van der Waals surface area contributed by atoms with E-state index in [0.29, 0.717) is 12.6 Å². The van der Waals surface area contributed by atoms with E-state index in [4.69, 9.17) is 0 Å². The zero-order chi connectivity index (χ0) is 15.4. The summed E-state index contributed by atoms with van der Waals surface area (Å²) in [5, 5.41) is 3.30. The van der Waals surface area contributed by atoms with Crippen LogP contribution in [0.25, 0.3) is 0 Å². The molecule has 0 bridgehead atoms. The van der Waals surface area contributed by atoms with E-state index in [1.165, 1.54) is 44.1 Å². The number of hydrogen-bond acceptors (Lipinski definition) is 2. The molecule has 3 rings (SSSR count). The highest BCUT2D eigenvalue weighted by atomic mass is 16.2. The number of nitrogens with zero attached hydrogens (tertiary/aromatic N) is 1. The zero-order valence-electron chi connectivity index (χ0n) is 13.7. The first kappa shape index (κ1) is 15.4. The first-order valence-electron chi connectivity index (χ1n) is 8.90. The van der Waals surface area contributed by atoms with E-state index < -0.39 is 0 Å². The van der Waals surface area contributed by atoms with Gasteiger partial charge in [-0.05, 0) is 55.7 Å². The number of benzene rings is 1. The predicted octanol–water partition coefficient (Wildman–Crippen LogP) is 3.84. The van der Waals surface area contributed by atoms with Gasteiger partial charge in [-0.1, -0.05) is 31.9 Å². The standard InChI is InChI=1S/C19H28N2O/c1-2-15-9-11-17(12-10-15)20-14-19(22)21-13-5-7-16-6-3-4-8-18(16)21/h9-12,16,18,20H,2-8,13-14H2,1H3. The number of nitrogens with one attached hydrogen (secondary N) is 1. The van der Waals surface area contributed by atoms with Crippen molar-refractivity contribution >= 4 is 11.6 Å². The van der Waals surface area contributed by atoms with Crippen LogP contribution in [0.1, 0.15) is 51.0 Å². The van der Waals surface area contributed by atoms with Crippen molar-refractivity contribution in [2.45, 2.75) is 57.9 Å². The Morgan fingerprint density at radius 3 is 2.64 bits per heavy atom. The van der Waals surface area contributed by atoms with Gasteiger partial charge in [-0.15, -0.1) is 0 Å². The van der Waals surface area contributed by atoms with Crippen LogP contribution in [0.4, 0.5) is 5.69 Å². The summed E-state index contributed by atoms with van der Waals surface area (Å²) in [6.45, 7) is 3.54. The maximum Gasteiger partial charge on any atom is 0.242 e. The summed E-state index contributed by atoms with van der Waals surface area (Å²) >= 11 is 0. The molecule has 1 aromatic carbocycles. The number of hydrogen-bond donors (Lipinski definition) is 1. The molecule has 0 aromatic heterocycles. The van der Waals surface area contributed by atoms with Gasteiger partial charge >= 0.3 is 0 Å². The lowest BCUT2D eigenvalue weighted by Crippen LogP contribution is -2.51. The number of anilines is 1. The van der Waals surface area contributed by atoms with Gasteiger partial charge in [0.25, 0.3) is 0 Å². The molecule has 0 spiro atoms. The summed E-state index contributed by atoms with van der Waals surface area (Å²) in [6.07, 6.45) is 8.72. The van der Waals surface area contributed by atoms with Gasteiger partial charge in [-0.3, -0.25) is 4.79 Å². The first-order chi connectivity index (χ1) is 10.8. The van der Waals surface area contributed by atoms with Crippen LogP contribution in [0.3, 0.4) is 0 Å². The molecular weight excluding hydrogens is 272 g/mol. The second-order valence-electron chi connectivity index (χ2n) is 6.75. The summed E-state index contributed by atoms with van der Waals surface area (Å²) in [5.74, 6) is 1.03. The van der Waals surface area contributed by atoms with Crippen molar-refractivity contribution in [1.82, 2.24) is 4.90 Å². The molecule has 1 aliphatic heterocycles. The van der Waals surface area contributed by atoms with Crippen LogP contribution in [0.15, 0.2) is 24.3 Å². The first-order valence-corrected chi connectivity index (χ1v) is 8.90. The summed E-state index contributed by atoms with van der Waals surface area (Å²) in [5.41, 5.74) is 2.38. The van der Waals surface area contributed by atoms with Gasteiger partial charge in [-0.25, -0.2) is 0 Å². The second kappa shape index (κ2) is 7.17. The average molecular weight is 300 g/mol. The van der Waals surface area contributed by atoms with Crippen molar-refractivity contribution in [2.24, 2.45) is 5.92 Å². The lowest BCUT2D eigenvalue weighted by Gasteiger charge is -2.44. The number of amides is 1. The molecule has 1 N–H and O–H groups in total. The van der Waals surface area contributed by atoms with Crippen LogP contribution in [0, 0.1) is 5.92 Å². The van der Waals surface area contributed by atoms with Crippen LogP contribution < -0.4 is 5.32 Å². The van der Waals surface area contributed by atoms with Crippen molar-refractivity contribution in [1.29, 1.82) is 0 Å². The Bertz CT molecular complexity index is 495. The summed E-state index contributed by atoms with van der Waals surface area (Å²) in [6, 6.07) is 8.92. The number of carbonyl (C=O) groups excluding carboxylic acids is 1. The molecule has 2 aliphatic rings. The molecule has 2 atom stereocenters. The molecule has 120 valence electrons. The number of likely N-dealkylation sites (tertiary alicyclic amines) is 1. The maximum absolute atomic E-state index is 12.6. The minimum absolute atomic E-state index is 0.274. The number of rotatable bonds is 4. The van der Waals surface area contributed by atoms with Gasteiger partial charge in [-0.2, -0.15) is 0 Å². The van der Waals surface area contributed by atoms with E-state index in [1.54, 1.807) is 0 Å². The Kier molecular flexibility index (Phi) is 5.01. The molecule has 3 nitrogen and oxygen atoms in total. The van der Waals surface area contributed by atoms with Crippen molar-refractivity contribution < 1.29 is 4.79 Å². The minimum Gasteiger partial charge on any atom is -0.376 e. The van der Waals surface area contributed by atoms with E-state index >= 15 is 0 Å². The molecule has 22 heavy (non-hydrogen) atoms. The fraction of sp³-hybridized carbons (Fsp3) is 0.632. The monoisotopic (exact) mass is 300 g/mol. The van der Waals surface area contributed by atoms with Gasteiger partial charge < -0.3 is 10.2 Å². The van der Waals surface area contributed by atoms with E-state index in [1.807, 2.05) is 0 Å². The highest BCUT2D eigenvalue weighted by Gasteiger charge is 2.35. The third-order valence-corrected chi connectivity index (χ3v) is 5.37. The Hall–Kier alpha value is -1.51. The molecule has 1 aromatic rings. The Morgan fingerprint density at radius 2 is 1.86 bits per heavy atom. The van der Waals surface area contributed by atoms with Crippen molar-refractivity contribution in [3.63, 3.8) is 0 Å². The Balaban J connectivity index is 1.56. The Labute approximate surface area is 134 Å². The van der Waals surface area contributed by atoms with Crippen LogP contribution in [-0.4, -0.2) is 29.9 Å². The molecule has 1 saturated heterocycles. The van der Waals surface area contributed by atoms with E-state index in [-0.39, 0.29) is 5.91 Å². The van der Waals surface area contributed by atoms with Gasteiger partial charge in [0, 0.05) is 18.3 Å². The SMILES string of the molecule is CCc1ccc(NCC(=O)N2CCCC3CCCCC32)cc1. The molecule has 1 amide bonds. The van der Waals surface area contributed by atoms with Gasteiger partial charge in [0.2, 0.25) is 5.91 Å². The predicted molar refractivity (Wildman–Crippen MR) is 91.0 cm³/mol. The fourth-order valence-electron chi connectivity index (χ4n) is 4.07. The summed E-state index contributed by atoms with van der Waals surface area (Å²) in [4.78, 5) is 14.8. The third kappa shape index (κ3) is 3.45. The van der Waals surface area contributed by atoms with Gasteiger partial charge in [0.1, 0.15) is 0 Å². The van der Waals surface area contributed by atoms with Crippen molar-refractivity contribution in [3.8, 4) is 0 Å². The topological polar surface area (TPSA) is 32.3 Å². The van der Waals surface area contributed by atoms with Crippen LogP contribution in [0.5, 0.6) is 0 Å². The molecule has 1 heterocycles. The number of aryl methyl sites for hydroxylation is 1.